The van der Waals surface area contributed by atoms with Crippen molar-refractivity contribution in [3.8, 4) is 0 Å². The van der Waals surface area contributed by atoms with Gasteiger partial charge in [-0.2, -0.15) is 0 Å². The van der Waals surface area contributed by atoms with Crippen LogP contribution in [0.5, 0.6) is 0 Å². The number of thiazole rings is 1. The van der Waals surface area contributed by atoms with Gasteiger partial charge in [-0.05, 0) is 82.6 Å². The van der Waals surface area contributed by atoms with Crippen molar-refractivity contribution in [1.82, 2.24) is 9.88 Å². The molecule has 3 rings (SSSR count). The Morgan fingerprint density at radius 2 is 1.92 bits per heavy atom. The molecule has 26 heavy (non-hydrogen) atoms. The van der Waals surface area contributed by atoms with Crippen molar-refractivity contribution < 1.29 is 4.79 Å². The van der Waals surface area contributed by atoms with E-state index in [1.165, 1.54) is 4.70 Å². The molecule has 0 spiro atoms. The second kappa shape index (κ2) is 8.17. The third kappa shape index (κ3) is 4.34. The second-order valence-electron chi connectivity index (χ2n) is 6.26. The number of aryl methyl sites for hydroxylation is 1. The molecule has 1 heterocycles. The number of carbonyl (C=O) groups excluding carboxylic acids is 1. The average molecular weight is 497 g/mol. The largest absolute Gasteiger partial charge is 0.323 e. The predicted octanol–water partition coefficient (Wildman–Crippen LogP) is 5.76. The molecule has 136 valence electrons. The number of carbonyl (C=O) groups is 1. The third-order valence-corrected chi connectivity index (χ3v) is 6.63. The van der Waals surface area contributed by atoms with Crippen LogP contribution in [0.25, 0.3) is 10.2 Å². The Kier molecular flexibility index (Phi) is 6.12. The van der Waals surface area contributed by atoms with Gasteiger partial charge in [-0.15, -0.1) is 11.3 Å². The molecule has 0 saturated carbocycles. The molecule has 0 saturated heterocycles. The van der Waals surface area contributed by atoms with Crippen LogP contribution in [0.1, 0.15) is 23.5 Å². The van der Waals surface area contributed by atoms with Crippen LogP contribution < -0.4 is 5.32 Å². The van der Waals surface area contributed by atoms with Crippen molar-refractivity contribution >= 4 is 65.0 Å². The fraction of sp³-hybridized carbons (Fsp3) is 0.263. The summed E-state index contributed by atoms with van der Waals surface area (Å²) < 4.78 is 2.89. The fourth-order valence-corrected chi connectivity index (χ4v) is 5.32. The minimum atomic E-state index is -0.0642. The molecule has 1 atom stereocenters. The van der Waals surface area contributed by atoms with Gasteiger partial charge < -0.3 is 5.32 Å². The van der Waals surface area contributed by atoms with Crippen LogP contribution in [0, 0.1) is 6.92 Å². The van der Waals surface area contributed by atoms with Gasteiger partial charge in [0.1, 0.15) is 5.01 Å². The molecule has 0 aliphatic heterocycles. The van der Waals surface area contributed by atoms with Crippen molar-refractivity contribution in [3.63, 3.8) is 0 Å². The lowest BCUT2D eigenvalue weighted by Crippen LogP contribution is -2.32. The summed E-state index contributed by atoms with van der Waals surface area (Å²) in [4.78, 5) is 19.2. The Hall–Kier alpha value is -1.28. The molecule has 0 aliphatic rings. The number of benzene rings is 2. The minimum Gasteiger partial charge on any atom is -0.323 e. The smallest absolute Gasteiger partial charge is 0.238 e. The highest BCUT2D eigenvalue weighted by atomic mass is 79.9. The topological polar surface area (TPSA) is 45.2 Å². The van der Waals surface area contributed by atoms with Gasteiger partial charge in [-0.1, -0.05) is 12.1 Å². The number of nitrogens with one attached hydrogen (secondary N) is 1. The van der Waals surface area contributed by atoms with E-state index in [4.69, 9.17) is 4.98 Å². The van der Waals surface area contributed by atoms with Crippen molar-refractivity contribution in [2.45, 2.75) is 19.9 Å². The molecule has 0 unspecified atom stereocenters. The molecule has 0 fully saturated rings. The van der Waals surface area contributed by atoms with Crippen molar-refractivity contribution in [3.05, 3.63) is 55.9 Å². The first-order valence-corrected chi connectivity index (χ1v) is 10.6. The third-order valence-electron chi connectivity index (χ3n) is 4.17. The van der Waals surface area contributed by atoms with Gasteiger partial charge in [0.25, 0.3) is 0 Å². The first kappa shape index (κ1) is 19.5. The number of rotatable bonds is 5. The van der Waals surface area contributed by atoms with Crippen LogP contribution in [0.15, 0.2) is 45.3 Å². The molecular weight excluding hydrogens is 478 g/mol. The van der Waals surface area contributed by atoms with Crippen molar-refractivity contribution in [2.75, 3.05) is 18.9 Å². The van der Waals surface area contributed by atoms with E-state index in [1.807, 2.05) is 49.2 Å². The number of anilines is 1. The van der Waals surface area contributed by atoms with Crippen LogP contribution in [0.3, 0.4) is 0 Å². The van der Waals surface area contributed by atoms with Crippen molar-refractivity contribution in [1.29, 1.82) is 0 Å². The maximum atomic E-state index is 12.5. The summed E-state index contributed by atoms with van der Waals surface area (Å²) in [5, 5.41) is 3.99. The number of halogens is 2. The van der Waals surface area contributed by atoms with Crippen LogP contribution in [-0.4, -0.2) is 29.4 Å². The monoisotopic (exact) mass is 495 g/mol. The summed E-state index contributed by atoms with van der Waals surface area (Å²) in [6.07, 6.45) is 0. The summed E-state index contributed by atoms with van der Waals surface area (Å²) in [6.45, 7) is 4.36. The summed E-state index contributed by atoms with van der Waals surface area (Å²) in [7, 11) is 1.94. The molecule has 0 radical (unpaired) electrons. The van der Waals surface area contributed by atoms with Crippen LogP contribution in [0.2, 0.25) is 0 Å². The van der Waals surface area contributed by atoms with Crippen LogP contribution in [0.4, 0.5) is 5.69 Å². The van der Waals surface area contributed by atoms with E-state index >= 15 is 0 Å². The zero-order chi connectivity index (χ0) is 18.8. The predicted molar refractivity (Wildman–Crippen MR) is 116 cm³/mol. The van der Waals surface area contributed by atoms with Gasteiger partial charge in [0, 0.05) is 8.95 Å². The Bertz CT molecular complexity index is 901. The van der Waals surface area contributed by atoms with E-state index in [2.05, 4.69) is 50.2 Å². The number of likely N-dealkylation sites (N-methyl/N-ethyl adjacent to an activating group) is 1. The molecule has 4 nitrogen and oxygen atoms in total. The van der Waals surface area contributed by atoms with Gasteiger partial charge in [-0.3, -0.25) is 9.69 Å². The van der Waals surface area contributed by atoms with Gasteiger partial charge >= 0.3 is 0 Å². The molecule has 0 aliphatic carbocycles. The number of para-hydroxylation sites is 1. The molecule has 1 amide bonds. The number of fused-ring (bicyclic) bond motifs is 1. The molecule has 3 aromatic rings. The maximum Gasteiger partial charge on any atom is 0.238 e. The SMILES string of the molecule is Cc1cc(Br)c(NC(=O)CN(C)[C@@H](C)c2nc3ccccc3s2)c(Br)c1. The number of nitrogens with zero attached hydrogens (tertiary/aromatic N) is 2. The first-order chi connectivity index (χ1) is 12.3. The summed E-state index contributed by atoms with van der Waals surface area (Å²) in [6, 6.07) is 12.1. The van der Waals surface area contributed by atoms with Gasteiger partial charge in [0.15, 0.2) is 0 Å². The molecule has 7 heteroatoms. The van der Waals surface area contributed by atoms with E-state index in [9.17, 15) is 4.79 Å². The van der Waals surface area contributed by atoms with E-state index in [0.717, 1.165) is 30.7 Å². The minimum absolute atomic E-state index is 0.0584. The Labute approximate surface area is 173 Å². The van der Waals surface area contributed by atoms with Gasteiger partial charge in [0.2, 0.25) is 5.91 Å². The normalized spacial score (nSPS) is 12.5. The average Bonchev–Trinajstić information content (AvgIpc) is 3.01. The Balaban J connectivity index is 1.69. The van der Waals surface area contributed by atoms with E-state index < -0.39 is 0 Å². The molecule has 1 aromatic heterocycles. The molecule has 0 bridgehead atoms. The highest BCUT2D eigenvalue weighted by Gasteiger charge is 2.19. The Morgan fingerprint density at radius 1 is 1.27 bits per heavy atom. The molecule has 1 N–H and O–H groups in total. The number of aromatic nitrogens is 1. The Morgan fingerprint density at radius 3 is 2.58 bits per heavy atom. The van der Waals surface area contributed by atoms with Crippen LogP contribution in [-0.2, 0) is 4.79 Å². The van der Waals surface area contributed by atoms with E-state index in [-0.39, 0.29) is 18.5 Å². The maximum absolute atomic E-state index is 12.5. The van der Waals surface area contributed by atoms with Gasteiger partial charge in [-0.25, -0.2) is 4.98 Å². The summed E-state index contributed by atoms with van der Waals surface area (Å²) in [5.41, 5.74) is 2.87. The van der Waals surface area contributed by atoms with Gasteiger partial charge in [0.05, 0.1) is 28.5 Å². The lowest BCUT2D eigenvalue weighted by Gasteiger charge is -2.22. The molecular formula is C19H19Br2N3OS. The zero-order valence-electron chi connectivity index (χ0n) is 14.7. The van der Waals surface area contributed by atoms with Crippen LogP contribution >= 0.6 is 43.2 Å². The van der Waals surface area contributed by atoms with E-state index in [0.29, 0.717) is 0 Å². The summed E-state index contributed by atoms with van der Waals surface area (Å²) in [5.74, 6) is -0.0642. The fourth-order valence-electron chi connectivity index (χ4n) is 2.62. The highest BCUT2D eigenvalue weighted by Crippen LogP contribution is 2.33. The lowest BCUT2D eigenvalue weighted by atomic mass is 10.2. The molecule has 2 aromatic carbocycles. The second-order valence-corrected chi connectivity index (χ2v) is 9.03. The summed E-state index contributed by atoms with van der Waals surface area (Å²) >= 11 is 8.69. The first-order valence-electron chi connectivity index (χ1n) is 8.16. The van der Waals surface area contributed by atoms with E-state index in [1.54, 1.807) is 11.3 Å². The standard InChI is InChI=1S/C19H19Br2N3OS/c1-11-8-13(20)18(14(21)9-11)23-17(25)10-24(3)12(2)19-22-15-6-4-5-7-16(15)26-19/h4-9,12H,10H2,1-3H3,(H,23,25)/t12-/m0/s1. The number of amides is 1. The number of hydrogen-bond acceptors (Lipinski definition) is 4. The van der Waals surface area contributed by atoms with Crippen molar-refractivity contribution in [2.24, 2.45) is 0 Å². The quantitative estimate of drug-likeness (QED) is 0.488. The zero-order valence-corrected chi connectivity index (χ0v) is 18.7. The number of hydrogen-bond donors (Lipinski definition) is 1. The lowest BCUT2D eigenvalue weighted by molar-refractivity contribution is -0.117. The highest BCUT2D eigenvalue weighted by molar-refractivity contribution is 9.11.